The number of hydrogen-bond donors (Lipinski definition) is 4. The number of unbranched alkanes of at least 4 members (excludes halogenated alkanes) is 1. The molecule has 0 bridgehead atoms. The van der Waals surface area contributed by atoms with Gasteiger partial charge in [0, 0.05) is 6.54 Å². The Morgan fingerprint density at radius 1 is 1.20 bits per heavy atom. The Balaban J connectivity index is -0.00000161. The average Bonchev–Trinajstić information content (AvgIpc) is 2.51. The summed E-state index contributed by atoms with van der Waals surface area (Å²) < 4.78 is 0. The maximum Gasteiger partial charge on any atom is 0.237 e. The quantitative estimate of drug-likeness (QED) is 0.280. The lowest BCUT2D eigenvalue weighted by Crippen LogP contribution is -2.40. The van der Waals surface area contributed by atoms with Crippen molar-refractivity contribution in [3.63, 3.8) is 0 Å². The summed E-state index contributed by atoms with van der Waals surface area (Å²) in [6, 6.07) is 7.42. The van der Waals surface area contributed by atoms with Crippen LogP contribution in [0.5, 0.6) is 0 Å². The number of benzene rings is 1. The van der Waals surface area contributed by atoms with Gasteiger partial charge in [0.25, 0.3) is 0 Å². The van der Waals surface area contributed by atoms with E-state index in [1.165, 1.54) is 0 Å². The van der Waals surface area contributed by atoms with E-state index in [0.29, 0.717) is 31.9 Å². The zero-order chi connectivity index (χ0) is 16.4. The van der Waals surface area contributed by atoms with E-state index in [0.717, 1.165) is 24.0 Å². The third-order valence-corrected chi connectivity index (χ3v) is 3.28. The zero-order valence-electron chi connectivity index (χ0n) is 14.4. The van der Waals surface area contributed by atoms with Crippen molar-refractivity contribution in [1.82, 2.24) is 5.32 Å². The number of carbonyl (C=O) groups is 1. The Bertz CT molecular complexity index is 510. The van der Waals surface area contributed by atoms with Crippen LogP contribution in [0.2, 0.25) is 0 Å². The standard InChI is InChI=1S/C16H27N5O.3ClH/c1-12(18)20-10-13-5-4-6-14(9-13)11-21-16(22)15(19)7-2-3-8-17;;;/h4-6,9,15H,2-3,7-8,10-11,17,19H2,1H3,(H2,18,20)(H,21,22);3*1H/t15-;;;/m0.../s1. The predicted octanol–water partition coefficient (Wildman–Crippen LogP) is 1.90. The van der Waals surface area contributed by atoms with E-state index < -0.39 is 6.04 Å². The molecule has 1 atom stereocenters. The van der Waals surface area contributed by atoms with Crippen LogP contribution in [0.4, 0.5) is 0 Å². The van der Waals surface area contributed by atoms with Crippen molar-refractivity contribution in [3.8, 4) is 0 Å². The number of nitrogens with one attached hydrogen (secondary N) is 1. The topological polar surface area (TPSA) is 120 Å². The molecule has 0 saturated heterocycles. The van der Waals surface area contributed by atoms with Gasteiger partial charge < -0.3 is 22.5 Å². The fourth-order valence-electron chi connectivity index (χ4n) is 2.01. The first kappa shape index (κ1) is 28.7. The van der Waals surface area contributed by atoms with Gasteiger partial charge in [-0.05, 0) is 37.4 Å². The van der Waals surface area contributed by atoms with E-state index in [9.17, 15) is 4.79 Å². The highest BCUT2D eigenvalue weighted by Gasteiger charge is 2.12. The molecule has 0 aliphatic heterocycles. The summed E-state index contributed by atoms with van der Waals surface area (Å²) in [6.45, 7) is 3.40. The molecule has 6 nitrogen and oxygen atoms in total. The first-order chi connectivity index (χ1) is 10.5. The van der Waals surface area contributed by atoms with Gasteiger partial charge in [0.15, 0.2) is 0 Å². The van der Waals surface area contributed by atoms with E-state index in [1.54, 1.807) is 6.92 Å². The Morgan fingerprint density at radius 2 is 1.84 bits per heavy atom. The molecule has 0 fully saturated rings. The van der Waals surface area contributed by atoms with Crippen molar-refractivity contribution in [2.24, 2.45) is 22.2 Å². The van der Waals surface area contributed by atoms with Crippen molar-refractivity contribution < 1.29 is 4.79 Å². The lowest BCUT2D eigenvalue weighted by atomic mass is 10.1. The summed E-state index contributed by atoms with van der Waals surface area (Å²) in [5.74, 6) is 0.431. The van der Waals surface area contributed by atoms with E-state index in [4.69, 9.17) is 17.2 Å². The molecule has 0 radical (unpaired) electrons. The predicted molar refractivity (Wildman–Crippen MR) is 112 cm³/mol. The number of aliphatic imine (C=N–C) groups is 1. The van der Waals surface area contributed by atoms with E-state index in [-0.39, 0.29) is 43.1 Å². The number of halogens is 3. The van der Waals surface area contributed by atoms with Crippen LogP contribution in [-0.2, 0) is 17.9 Å². The number of carbonyl (C=O) groups excluding carboxylic acids is 1. The fourth-order valence-corrected chi connectivity index (χ4v) is 2.01. The van der Waals surface area contributed by atoms with Crippen LogP contribution < -0.4 is 22.5 Å². The van der Waals surface area contributed by atoms with Crippen LogP contribution in [-0.4, -0.2) is 24.3 Å². The molecule has 1 rings (SSSR count). The molecule has 0 spiro atoms. The molecule has 7 N–H and O–H groups in total. The van der Waals surface area contributed by atoms with Gasteiger partial charge in [0.05, 0.1) is 18.4 Å². The lowest BCUT2D eigenvalue weighted by Gasteiger charge is -2.12. The molecule has 1 amide bonds. The van der Waals surface area contributed by atoms with Gasteiger partial charge in [0.1, 0.15) is 0 Å². The molecule has 1 aromatic carbocycles. The van der Waals surface area contributed by atoms with Crippen LogP contribution in [0, 0.1) is 0 Å². The Kier molecular flexibility index (Phi) is 18.9. The van der Waals surface area contributed by atoms with Gasteiger partial charge in [0.2, 0.25) is 5.91 Å². The van der Waals surface area contributed by atoms with Crippen LogP contribution in [0.25, 0.3) is 0 Å². The minimum atomic E-state index is -0.473. The van der Waals surface area contributed by atoms with E-state index >= 15 is 0 Å². The summed E-state index contributed by atoms with van der Waals surface area (Å²) in [5, 5.41) is 2.86. The van der Waals surface area contributed by atoms with Crippen molar-refractivity contribution in [2.75, 3.05) is 6.54 Å². The van der Waals surface area contributed by atoms with Gasteiger partial charge in [-0.3, -0.25) is 9.79 Å². The number of amides is 1. The molecule has 0 saturated carbocycles. The summed E-state index contributed by atoms with van der Waals surface area (Å²) in [5.41, 5.74) is 18.9. The van der Waals surface area contributed by atoms with Gasteiger partial charge in [-0.15, -0.1) is 37.2 Å². The van der Waals surface area contributed by atoms with E-state index in [1.807, 2.05) is 24.3 Å². The van der Waals surface area contributed by atoms with Gasteiger partial charge >= 0.3 is 0 Å². The molecular formula is C16H30Cl3N5O. The number of hydrogen-bond acceptors (Lipinski definition) is 4. The first-order valence-corrected chi connectivity index (χ1v) is 7.60. The Labute approximate surface area is 168 Å². The second-order valence-corrected chi connectivity index (χ2v) is 5.39. The molecular weight excluding hydrogens is 385 g/mol. The van der Waals surface area contributed by atoms with E-state index in [2.05, 4.69) is 10.3 Å². The third-order valence-electron chi connectivity index (χ3n) is 3.28. The molecule has 0 aliphatic carbocycles. The van der Waals surface area contributed by atoms with Crippen molar-refractivity contribution >= 4 is 49.0 Å². The molecule has 0 aliphatic rings. The minimum absolute atomic E-state index is 0. The Hall–Kier alpha value is -1.05. The molecule has 0 aromatic heterocycles. The molecule has 1 aromatic rings. The summed E-state index contributed by atoms with van der Waals surface area (Å²) in [6.07, 6.45) is 2.43. The fraction of sp³-hybridized carbons (Fsp3) is 0.500. The summed E-state index contributed by atoms with van der Waals surface area (Å²) in [7, 11) is 0. The smallest absolute Gasteiger partial charge is 0.237 e. The SMILES string of the molecule is CC(N)=NCc1cccc(CNC(=O)[C@@H](N)CCCCN)c1.Cl.Cl.Cl. The second kappa shape index (κ2) is 16.4. The van der Waals surface area contributed by atoms with Crippen LogP contribution >= 0.6 is 37.2 Å². The van der Waals surface area contributed by atoms with Crippen LogP contribution in [0.1, 0.15) is 37.3 Å². The van der Waals surface area contributed by atoms with Crippen LogP contribution in [0.15, 0.2) is 29.3 Å². The largest absolute Gasteiger partial charge is 0.388 e. The highest BCUT2D eigenvalue weighted by Crippen LogP contribution is 2.07. The molecule has 9 heteroatoms. The lowest BCUT2D eigenvalue weighted by molar-refractivity contribution is -0.122. The van der Waals surface area contributed by atoms with Gasteiger partial charge in [-0.2, -0.15) is 0 Å². The zero-order valence-corrected chi connectivity index (χ0v) is 16.9. The maximum atomic E-state index is 11.9. The third kappa shape index (κ3) is 12.9. The van der Waals surface area contributed by atoms with Crippen molar-refractivity contribution in [3.05, 3.63) is 35.4 Å². The average molecular weight is 415 g/mol. The first-order valence-electron chi connectivity index (χ1n) is 7.60. The highest BCUT2D eigenvalue weighted by atomic mass is 35.5. The summed E-state index contributed by atoms with van der Waals surface area (Å²) >= 11 is 0. The van der Waals surface area contributed by atoms with Crippen molar-refractivity contribution in [1.29, 1.82) is 0 Å². The summed E-state index contributed by atoms with van der Waals surface area (Å²) in [4.78, 5) is 16.1. The Morgan fingerprint density at radius 3 is 2.44 bits per heavy atom. The molecule has 0 heterocycles. The highest BCUT2D eigenvalue weighted by molar-refractivity contribution is 5.86. The van der Waals surface area contributed by atoms with Crippen molar-refractivity contribution in [2.45, 2.75) is 45.3 Å². The number of nitrogens with two attached hydrogens (primary N) is 3. The van der Waals surface area contributed by atoms with Gasteiger partial charge in [-0.1, -0.05) is 30.7 Å². The minimum Gasteiger partial charge on any atom is -0.388 e. The second-order valence-electron chi connectivity index (χ2n) is 5.39. The number of rotatable bonds is 9. The molecule has 146 valence electrons. The number of nitrogens with zero attached hydrogens (tertiary/aromatic N) is 1. The monoisotopic (exact) mass is 413 g/mol. The number of amidine groups is 1. The molecule has 25 heavy (non-hydrogen) atoms. The maximum absolute atomic E-state index is 11.9. The molecule has 0 unspecified atom stereocenters. The van der Waals surface area contributed by atoms with Gasteiger partial charge in [-0.25, -0.2) is 0 Å². The normalized spacial score (nSPS) is 11.4. The van der Waals surface area contributed by atoms with Crippen LogP contribution in [0.3, 0.4) is 0 Å².